The lowest BCUT2D eigenvalue weighted by atomic mass is 10.1. The van der Waals surface area contributed by atoms with Crippen molar-refractivity contribution < 1.29 is 9.50 Å². The standard InChI is InChI=1S/C13H10FNO/c14-13-8-5-11(9-15-13)2-1-10-3-6-12(16)7-4-10/h1-9,16H. The van der Waals surface area contributed by atoms with Crippen LogP contribution >= 0.6 is 0 Å². The molecule has 3 heteroatoms. The highest BCUT2D eigenvalue weighted by Crippen LogP contribution is 2.12. The molecule has 0 amide bonds. The lowest BCUT2D eigenvalue weighted by Crippen LogP contribution is -1.81. The minimum absolute atomic E-state index is 0.237. The van der Waals surface area contributed by atoms with Crippen molar-refractivity contribution in [1.29, 1.82) is 0 Å². The van der Waals surface area contributed by atoms with Crippen LogP contribution in [0.15, 0.2) is 42.6 Å². The Morgan fingerprint density at radius 2 is 1.56 bits per heavy atom. The molecule has 0 aliphatic heterocycles. The molecular formula is C13H10FNO. The Kier molecular flexibility index (Phi) is 2.96. The minimum Gasteiger partial charge on any atom is -0.508 e. The molecule has 0 unspecified atom stereocenters. The van der Waals surface area contributed by atoms with Crippen LogP contribution in [0.3, 0.4) is 0 Å². The predicted octanol–water partition coefficient (Wildman–Crippen LogP) is 3.10. The van der Waals surface area contributed by atoms with E-state index in [2.05, 4.69) is 4.98 Å². The van der Waals surface area contributed by atoms with Gasteiger partial charge in [-0.15, -0.1) is 0 Å². The van der Waals surface area contributed by atoms with E-state index >= 15 is 0 Å². The quantitative estimate of drug-likeness (QED) is 0.781. The second-order valence-corrected chi connectivity index (χ2v) is 3.34. The summed E-state index contributed by atoms with van der Waals surface area (Å²) in [5, 5.41) is 9.10. The van der Waals surface area contributed by atoms with Gasteiger partial charge in [0.2, 0.25) is 5.95 Å². The fourth-order valence-electron chi connectivity index (χ4n) is 1.26. The molecule has 16 heavy (non-hydrogen) atoms. The minimum atomic E-state index is -0.484. The Morgan fingerprint density at radius 3 is 2.19 bits per heavy atom. The molecule has 1 N–H and O–H groups in total. The zero-order chi connectivity index (χ0) is 11.4. The lowest BCUT2D eigenvalue weighted by molar-refractivity contribution is 0.475. The van der Waals surface area contributed by atoms with Crippen molar-refractivity contribution in [1.82, 2.24) is 4.98 Å². The number of pyridine rings is 1. The zero-order valence-electron chi connectivity index (χ0n) is 8.47. The van der Waals surface area contributed by atoms with E-state index in [-0.39, 0.29) is 5.75 Å². The third kappa shape index (κ3) is 2.67. The maximum atomic E-state index is 12.5. The topological polar surface area (TPSA) is 33.1 Å². The van der Waals surface area contributed by atoms with Gasteiger partial charge in [-0.05, 0) is 35.4 Å². The summed E-state index contributed by atoms with van der Waals surface area (Å²) in [7, 11) is 0. The number of rotatable bonds is 2. The summed E-state index contributed by atoms with van der Waals surface area (Å²) in [6.45, 7) is 0. The predicted molar refractivity (Wildman–Crippen MR) is 61.2 cm³/mol. The zero-order valence-corrected chi connectivity index (χ0v) is 8.47. The van der Waals surface area contributed by atoms with Crippen molar-refractivity contribution >= 4 is 12.2 Å². The lowest BCUT2D eigenvalue weighted by Gasteiger charge is -1.95. The first-order valence-electron chi connectivity index (χ1n) is 4.83. The van der Waals surface area contributed by atoms with Crippen LogP contribution in [0.4, 0.5) is 4.39 Å². The van der Waals surface area contributed by atoms with E-state index in [1.807, 2.05) is 12.2 Å². The Morgan fingerprint density at radius 1 is 0.938 bits per heavy atom. The van der Waals surface area contributed by atoms with Gasteiger partial charge in [0.25, 0.3) is 0 Å². The molecule has 80 valence electrons. The van der Waals surface area contributed by atoms with Crippen LogP contribution in [0.25, 0.3) is 12.2 Å². The van der Waals surface area contributed by atoms with Crippen molar-refractivity contribution in [2.75, 3.05) is 0 Å². The first-order valence-corrected chi connectivity index (χ1v) is 4.83. The molecule has 1 aromatic heterocycles. The van der Waals surface area contributed by atoms with E-state index in [1.165, 1.54) is 12.3 Å². The highest BCUT2D eigenvalue weighted by Gasteiger charge is 1.91. The van der Waals surface area contributed by atoms with Crippen molar-refractivity contribution in [3.63, 3.8) is 0 Å². The van der Waals surface area contributed by atoms with Crippen molar-refractivity contribution in [3.8, 4) is 5.75 Å². The molecule has 0 radical (unpaired) electrons. The van der Waals surface area contributed by atoms with Gasteiger partial charge in [-0.25, -0.2) is 4.98 Å². The van der Waals surface area contributed by atoms with Gasteiger partial charge in [-0.2, -0.15) is 4.39 Å². The molecule has 2 aromatic rings. The summed E-state index contributed by atoms with van der Waals surface area (Å²) in [5.74, 6) is -0.248. The number of halogens is 1. The molecule has 1 heterocycles. The SMILES string of the molecule is Oc1ccc(C=Cc2ccc(F)nc2)cc1. The molecule has 0 saturated heterocycles. The Bertz CT molecular complexity index is 441. The molecule has 0 aliphatic carbocycles. The number of aromatic hydroxyl groups is 1. The largest absolute Gasteiger partial charge is 0.508 e. The van der Waals surface area contributed by atoms with E-state index in [4.69, 9.17) is 5.11 Å². The van der Waals surface area contributed by atoms with E-state index in [0.29, 0.717) is 0 Å². The van der Waals surface area contributed by atoms with Gasteiger partial charge in [0.1, 0.15) is 5.75 Å². The average molecular weight is 215 g/mol. The number of nitrogens with zero attached hydrogens (tertiary/aromatic N) is 1. The normalized spacial score (nSPS) is 10.8. The summed E-state index contributed by atoms with van der Waals surface area (Å²) in [5.41, 5.74) is 1.79. The van der Waals surface area contributed by atoms with Crippen LogP contribution in [-0.2, 0) is 0 Å². The smallest absolute Gasteiger partial charge is 0.212 e. The first-order chi connectivity index (χ1) is 7.74. The first kappa shape index (κ1) is 10.4. The number of phenolic OH excluding ortho intramolecular Hbond substituents is 1. The van der Waals surface area contributed by atoms with Crippen molar-refractivity contribution in [2.45, 2.75) is 0 Å². The molecule has 1 aromatic carbocycles. The van der Waals surface area contributed by atoms with Crippen LogP contribution < -0.4 is 0 Å². The van der Waals surface area contributed by atoms with Crippen LogP contribution in [0.2, 0.25) is 0 Å². The number of benzene rings is 1. The van der Waals surface area contributed by atoms with Crippen LogP contribution in [-0.4, -0.2) is 10.1 Å². The maximum absolute atomic E-state index is 12.5. The van der Waals surface area contributed by atoms with Crippen LogP contribution in [0.1, 0.15) is 11.1 Å². The number of phenols is 1. The number of aromatic nitrogens is 1. The van der Waals surface area contributed by atoms with Gasteiger partial charge in [-0.3, -0.25) is 0 Å². The number of hydrogen-bond acceptors (Lipinski definition) is 2. The van der Waals surface area contributed by atoms with Crippen molar-refractivity contribution in [2.24, 2.45) is 0 Å². The Hall–Kier alpha value is -2.16. The molecule has 0 bridgehead atoms. The van der Waals surface area contributed by atoms with Gasteiger partial charge >= 0.3 is 0 Å². The molecular weight excluding hydrogens is 205 g/mol. The highest BCUT2D eigenvalue weighted by atomic mass is 19.1. The molecule has 2 nitrogen and oxygen atoms in total. The van der Waals surface area contributed by atoms with E-state index in [0.717, 1.165) is 11.1 Å². The molecule has 0 spiro atoms. The molecule has 2 rings (SSSR count). The maximum Gasteiger partial charge on any atom is 0.212 e. The molecule has 0 saturated carbocycles. The third-order valence-corrected chi connectivity index (χ3v) is 2.11. The molecule has 0 fully saturated rings. The van der Waals surface area contributed by atoms with Gasteiger partial charge in [0.15, 0.2) is 0 Å². The third-order valence-electron chi connectivity index (χ3n) is 2.11. The Balaban J connectivity index is 2.15. The Labute approximate surface area is 92.7 Å². The fourth-order valence-corrected chi connectivity index (χ4v) is 1.26. The van der Waals surface area contributed by atoms with Crippen LogP contribution in [0.5, 0.6) is 5.75 Å². The second kappa shape index (κ2) is 4.57. The van der Waals surface area contributed by atoms with Crippen LogP contribution in [0, 0.1) is 5.95 Å². The number of hydrogen-bond donors (Lipinski definition) is 1. The molecule has 0 atom stereocenters. The summed E-state index contributed by atoms with van der Waals surface area (Å²) in [6.07, 6.45) is 5.17. The summed E-state index contributed by atoms with van der Waals surface area (Å²) in [4.78, 5) is 3.55. The fraction of sp³-hybridized carbons (Fsp3) is 0. The molecule has 0 aliphatic rings. The highest BCUT2D eigenvalue weighted by molar-refractivity contribution is 5.69. The average Bonchev–Trinajstić information content (AvgIpc) is 2.30. The van der Waals surface area contributed by atoms with E-state index in [1.54, 1.807) is 30.3 Å². The summed E-state index contributed by atoms with van der Waals surface area (Å²) >= 11 is 0. The van der Waals surface area contributed by atoms with E-state index < -0.39 is 5.95 Å². The van der Waals surface area contributed by atoms with Gasteiger partial charge < -0.3 is 5.11 Å². The summed E-state index contributed by atoms with van der Waals surface area (Å²) < 4.78 is 12.5. The van der Waals surface area contributed by atoms with Gasteiger partial charge in [-0.1, -0.05) is 24.3 Å². The monoisotopic (exact) mass is 215 g/mol. The second-order valence-electron chi connectivity index (χ2n) is 3.34. The van der Waals surface area contributed by atoms with Gasteiger partial charge in [0.05, 0.1) is 0 Å². The van der Waals surface area contributed by atoms with Gasteiger partial charge in [0, 0.05) is 6.20 Å². The summed E-state index contributed by atoms with van der Waals surface area (Å²) in [6, 6.07) is 9.78. The van der Waals surface area contributed by atoms with Crippen molar-refractivity contribution in [3.05, 3.63) is 59.7 Å². The van der Waals surface area contributed by atoms with E-state index in [9.17, 15) is 4.39 Å².